The van der Waals surface area contributed by atoms with Crippen LogP contribution in [-0.2, 0) is 6.61 Å². The first-order valence-corrected chi connectivity index (χ1v) is 5.90. The molecule has 0 bridgehead atoms. The monoisotopic (exact) mass is 287 g/mol. The second-order valence-electron chi connectivity index (χ2n) is 3.81. The van der Waals surface area contributed by atoms with Crippen LogP contribution < -0.4 is 4.74 Å². The number of halogens is 2. The lowest BCUT2D eigenvalue weighted by Gasteiger charge is -2.08. The number of hydrogen-bond donors (Lipinski definition) is 0. The summed E-state index contributed by atoms with van der Waals surface area (Å²) in [7, 11) is 0. The molecular formula is C14H7ClFN3O. The number of nitriles is 2. The van der Waals surface area contributed by atoms with Gasteiger partial charge < -0.3 is 4.74 Å². The Hall–Kier alpha value is -2.63. The lowest BCUT2D eigenvalue weighted by Crippen LogP contribution is -2.02. The van der Waals surface area contributed by atoms with Gasteiger partial charge in [-0.15, -0.1) is 0 Å². The molecule has 0 saturated carbocycles. The van der Waals surface area contributed by atoms with Gasteiger partial charge in [0.1, 0.15) is 29.2 Å². The minimum Gasteiger partial charge on any atom is -0.472 e. The molecule has 0 radical (unpaired) electrons. The molecule has 0 fully saturated rings. The largest absolute Gasteiger partial charge is 0.472 e. The highest BCUT2D eigenvalue weighted by atomic mass is 35.5. The van der Waals surface area contributed by atoms with Crippen molar-refractivity contribution in [3.63, 3.8) is 0 Å². The van der Waals surface area contributed by atoms with Crippen molar-refractivity contribution in [2.75, 3.05) is 0 Å². The third kappa shape index (κ3) is 3.03. The quantitative estimate of drug-likeness (QED) is 0.813. The summed E-state index contributed by atoms with van der Waals surface area (Å²) in [5, 5.41) is 17.7. The average Bonchev–Trinajstić information content (AvgIpc) is 2.46. The summed E-state index contributed by atoms with van der Waals surface area (Å²) in [5.41, 5.74) is 0.697. The maximum atomic E-state index is 13.7. The summed E-state index contributed by atoms with van der Waals surface area (Å²) in [5.74, 6) is -0.506. The number of aromatic nitrogens is 1. The Labute approximate surface area is 119 Å². The van der Waals surface area contributed by atoms with Gasteiger partial charge >= 0.3 is 0 Å². The summed E-state index contributed by atoms with van der Waals surface area (Å²) in [6, 6.07) is 10.7. The first-order chi connectivity index (χ1) is 9.63. The highest BCUT2D eigenvalue weighted by Crippen LogP contribution is 2.20. The van der Waals surface area contributed by atoms with Crippen LogP contribution in [0, 0.1) is 28.5 Å². The van der Waals surface area contributed by atoms with E-state index in [1.54, 1.807) is 0 Å². The van der Waals surface area contributed by atoms with Crippen molar-refractivity contribution in [2.24, 2.45) is 0 Å². The maximum Gasteiger partial charge on any atom is 0.233 e. The summed E-state index contributed by atoms with van der Waals surface area (Å²) < 4.78 is 19.0. The van der Waals surface area contributed by atoms with E-state index in [2.05, 4.69) is 4.98 Å². The first-order valence-electron chi connectivity index (χ1n) is 5.52. The van der Waals surface area contributed by atoms with E-state index in [-0.39, 0.29) is 34.3 Å². The van der Waals surface area contributed by atoms with Crippen LogP contribution in [0.25, 0.3) is 0 Å². The van der Waals surface area contributed by atoms with Gasteiger partial charge in [-0.3, -0.25) is 0 Å². The Kier molecular flexibility index (Phi) is 4.14. The standard InChI is InChI=1S/C14H7ClFN3O/c15-13-4-3-10(7-18)14(19-13)20-8-11-2-1-9(6-17)5-12(11)16/h1-5H,8H2. The van der Waals surface area contributed by atoms with E-state index < -0.39 is 5.82 Å². The number of hydrogen-bond acceptors (Lipinski definition) is 4. The van der Waals surface area contributed by atoms with Crippen LogP contribution in [0.15, 0.2) is 30.3 Å². The Morgan fingerprint density at radius 2 is 2.00 bits per heavy atom. The average molecular weight is 288 g/mol. The van der Waals surface area contributed by atoms with Crippen LogP contribution in [0.1, 0.15) is 16.7 Å². The van der Waals surface area contributed by atoms with E-state index in [0.717, 1.165) is 6.07 Å². The fourth-order valence-corrected chi connectivity index (χ4v) is 1.63. The van der Waals surface area contributed by atoms with Crippen molar-refractivity contribution in [1.82, 2.24) is 4.98 Å². The molecular weight excluding hydrogens is 281 g/mol. The molecule has 4 nitrogen and oxygen atoms in total. The van der Waals surface area contributed by atoms with E-state index >= 15 is 0 Å². The second kappa shape index (κ2) is 6.01. The summed E-state index contributed by atoms with van der Waals surface area (Å²) >= 11 is 5.72. The lowest BCUT2D eigenvalue weighted by atomic mass is 10.1. The summed E-state index contributed by atoms with van der Waals surface area (Å²) in [6.07, 6.45) is 0. The topological polar surface area (TPSA) is 69.7 Å². The zero-order chi connectivity index (χ0) is 14.5. The third-order valence-electron chi connectivity index (χ3n) is 2.49. The molecule has 98 valence electrons. The highest BCUT2D eigenvalue weighted by Gasteiger charge is 2.09. The van der Waals surface area contributed by atoms with E-state index in [4.69, 9.17) is 26.9 Å². The molecule has 1 heterocycles. The summed E-state index contributed by atoms with van der Waals surface area (Å²) in [6.45, 7) is -0.112. The highest BCUT2D eigenvalue weighted by molar-refractivity contribution is 6.29. The van der Waals surface area contributed by atoms with Gasteiger partial charge in [0.25, 0.3) is 0 Å². The lowest BCUT2D eigenvalue weighted by molar-refractivity contribution is 0.287. The summed E-state index contributed by atoms with van der Waals surface area (Å²) in [4.78, 5) is 3.87. The molecule has 0 N–H and O–H groups in total. The van der Waals surface area contributed by atoms with Gasteiger partial charge in [-0.25, -0.2) is 9.37 Å². The molecule has 0 amide bonds. The molecule has 0 aliphatic heterocycles. The van der Waals surface area contributed by atoms with Gasteiger partial charge in [0.15, 0.2) is 0 Å². The number of pyridine rings is 1. The molecule has 0 atom stereocenters. The van der Waals surface area contributed by atoms with Gasteiger partial charge in [-0.05, 0) is 24.3 Å². The molecule has 0 aliphatic carbocycles. The Bertz CT molecular complexity index is 734. The minimum atomic E-state index is -0.551. The van der Waals surface area contributed by atoms with Crippen molar-refractivity contribution in [3.05, 3.63) is 58.0 Å². The Morgan fingerprint density at radius 3 is 2.65 bits per heavy atom. The molecule has 0 saturated heterocycles. The van der Waals surface area contributed by atoms with Gasteiger partial charge in [-0.1, -0.05) is 17.7 Å². The van der Waals surface area contributed by atoms with Crippen molar-refractivity contribution >= 4 is 11.6 Å². The molecule has 6 heteroatoms. The third-order valence-corrected chi connectivity index (χ3v) is 2.70. The zero-order valence-electron chi connectivity index (χ0n) is 10.1. The van der Waals surface area contributed by atoms with Crippen molar-refractivity contribution in [3.8, 4) is 18.0 Å². The normalized spacial score (nSPS) is 9.60. The smallest absolute Gasteiger partial charge is 0.233 e. The fraction of sp³-hybridized carbons (Fsp3) is 0.0714. The molecule has 0 spiro atoms. The molecule has 1 aromatic carbocycles. The van der Waals surface area contributed by atoms with E-state index in [0.29, 0.717) is 0 Å². The zero-order valence-corrected chi connectivity index (χ0v) is 10.9. The van der Waals surface area contributed by atoms with Gasteiger partial charge in [0.2, 0.25) is 5.88 Å². The number of rotatable bonds is 3. The number of nitrogens with zero attached hydrogens (tertiary/aromatic N) is 3. The fourth-order valence-electron chi connectivity index (χ4n) is 1.49. The van der Waals surface area contributed by atoms with E-state index in [1.807, 2.05) is 12.1 Å². The van der Waals surface area contributed by atoms with Gasteiger partial charge in [0, 0.05) is 5.56 Å². The second-order valence-corrected chi connectivity index (χ2v) is 4.19. The minimum absolute atomic E-state index is 0.0451. The molecule has 20 heavy (non-hydrogen) atoms. The van der Waals surface area contributed by atoms with Crippen LogP contribution in [0.5, 0.6) is 5.88 Å². The van der Waals surface area contributed by atoms with Crippen LogP contribution in [0.4, 0.5) is 4.39 Å². The van der Waals surface area contributed by atoms with Crippen LogP contribution in [0.2, 0.25) is 5.15 Å². The Morgan fingerprint density at radius 1 is 1.20 bits per heavy atom. The number of benzene rings is 1. The number of ether oxygens (including phenoxy) is 1. The van der Waals surface area contributed by atoms with Gasteiger partial charge in [-0.2, -0.15) is 10.5 Å². The first kappa shape index (κ1) is 13.8. The van der Waals surface area contributed by atoms with Crippen LogP contribution in [0.3, 0.4) is 0 Å². The molecule has 1 aromatic heterocycles. The maximum absolute atomic E-state index is 13.7. The SMILES string of the molecule is N#Cc1ccc(COc2nc(Cl)ccc2C#N)c(F)c1. The molecule has 0 aliphatic rings. The molecule has 2 rings (SSSR count). The van der Waals surface area contributed by atoms with Crippen LogP contribution >= 0.6 is 11.6 Å². The Balaban J connectivity index is 2.19. The predicted molar refractivity (Wildman–Crippen MR) is 69.4 cm³/mol. The van der Waals surface area contributed by atoms with Gasteiger partial charge in [0.05, 0.1) is 11.6 Å². The molecule has 2 aromatic rings. The predicted octanol–water partition coefficient (Wildman–Crippen LogP) is 3.20. The molecule has 0 unspecified atom stereocenters. The van der Waals surface area contributed by atoms with Crippen molar-refractivity contribution < 1.29 is 9.13 Å². The van der Waals surface area contributed by atoms with Crippen molar-refractivity contribution in [1.29, 1.82) is 10.5 Å². The van der Waals surface area contributed by atoms with Crippen molar-refractivity contribution in [2.45, 2.75) is 6.61 Å². The van der Waals surface area contributed by atoms with Crippen LogP contribution in [-0.4, -0.2) is 4.98 Å². The van der Waals surface area contributed by atoms with E-state index in [9.17, 15) is 4.39 Å². The van der Waals surface area contributed by atoms with E-state index in [1.165, 1.54) is 24.3 Å².